The van der Waals surface area contributed by atoms with Crippen LogP contribution in [0.5, 0.6) is 0 Å². The van der Waals surface area contributed by atoms with Crippen LogP contribution in [-0.2, 0) is 11.2 Å². The standard InChI is InChI=1S/C14H12ClFN2O/c15-12-5-4-10(16)8-13(12)18-14(19)7-9-2-1-3-11(17)6-9/h1-6,8H,7,17H2,(H,18,19). The topological polar surface area (TPSA) is 55.1 Å². The molecule has 0 saturated heterocycles. The summed E-state index contributed by atoms with van der Waals surface area (Å²) >= 11 is 5.87. The quantitative estimate of drug-likeness (QED) is 0.847. The number of nitrogens with one attached hydrogen (secondary N) is 1. The molecule has 1 amide bonds. The molecule has 0 spiro atoms. The Labute approximate surface area is 115 Å². The third kappa shape index (κ3) is 3.69. The van der Waals surface area contributed by atoms with Gasteiger partial charge in [0.05, 0.1) is 17.1 Å². The summed E-state index contributed by atoms with van der Waals surface area (Å²) in [7, 11) is 0. The molecule has 2 aromatic rings. The molecule has 0 fully saturated rings. The van der Waals surface area contributed by atoms with Crippen molar-refractivity contribution in [2.75, 3.05) is 11.1 Å². The lowest BCUT2D eigenvalue weighted by Gasteiger charge is -2.07. The Bertz CT molecular complexity index is 616. The van der Waals surface area contributed by atoms with Crippen molar-refractivity contribution in [1.29, 1.82) is 0 Å². The third-order valence-corrected chi connectivity index (χ3v) is 2.85. The number of halogens is 2. The number of carbonyl (C=O) groups is 1. The molecule has 2 rings (SSSR count). The summed E-state index contributed by atoms with van der Waals surface area (Å²) in [6.45, 7) is 0. The van der Waals surface area contributed by atoms with Gasteiger partial charge in [-0.2, -0.15) is 0 Å². The molecule has 19 heavy (non-hydrogen) atoms. The number of anilines is 2. The highest BCUT2D eigenvalue weighted by molar-refractivity contribution is 6.33. The maximum absolute atomic E-state index is 13.1. The molecule has 0 heterocycles. The lowest BCUT2D eigenvalue weighted by molar-refractivity contribution is -0.115. The summed E-state index contributed by atoms with van der Waals surface area (Å²) < 4.78 is 13.1. The maximum atomic E-state index is 13.1. The number of nitrogens with two attached hydrogens (primary N) is 1. The highest BCUT2D eigenvalue weighted by atomic mass is 35.5. The minimum atomic E-state index is -0.455. The molecule has 0 radical (unpaired) electrons. The van der Waals surface area contributed by atoms with E-state index in [-0.39, 0.29) is 18.0 Å². The molecule has 0 unspecified atom stereocenters. The lowest BCUT2D eigenvalue weighted by Crippen LogP contribution is -2.14. The first kappa shape index (κ1) is 13.4. The van der Waals surface area contributed by atoms with E-state index in [1.807, 2.05) is 0 Å². The number of benzene rings is 2. The molecule has 98 valence electrons. The van der Waals surface area contributed by atoms with Gasteiger partial charge in [-0.15, -0.1) is 0 Å². The minimum Gasteiger partial charge on any atom is -0.399 e. The van der Waals surface area contributed by atoms with Gasteiger partial charge in [0.15, 0.2) is 0 Å². The summed E-state index contributed by atoms with van der Waals surface area (Å²) in [6.07, 6.45) is 0.151. The molecule has 0 atom stereocenters. The van der Waals surface area contributed by atoms with Crippen molar-refractivity contribution in [3.8, 4) is 0 Å². The summed E-state index contributed by atoms with van der Waals surface area (Å²) in [4.78, 5) is 11.8. The van der Waals surface area contributed by atoms with Crippen molar-refractivity contribution in [3.63, 3.8) is 0 Å². The maximum Gasteiger partial charge on any atom is 0.228 e. The van der Waals surface area contributed by atoms with Crippen LogP contribution in [0.2, 0.25) is 5.02 Å². The van der Waals surface area contributed by atoms with E-state index in [1.54, 1.807) is 24.3 Å². The molecular weight excluding hydrogens is 267 g/mol. The Morgan fingerprint density at radius 1 is 1.26 bits per heavy atom. The van der Waals surface area contributed by atoms with E-state index in [0.717, 1.165) is 5.56 Å². The summed E-state index contributed by atoms with van der Waals surface area (Å²) in [5.41, 5.74) is 7.26. The summed E-state index contributed by atoms with van der Waals surface area (Å²) in [5, 5.41) is 2.86. The highest BCUT2D eigenvalue weighted by Crippen LogP contribution is 2.22. The van der Waals surface area contributed by atoms with Gasteiger partial charge in [-0.05, 0) is 35.9 Å². The average Bonchev–Trinajstić information content (AvgIpc) is 2.34. The Morgan fingerprint density at radius 3 is 2.79 bits per heavy atom. The Morgan fingerprint density at radius 2 is 2.05 bits per heavy atom. The number of nitrogen functional groups attached to an aromatic ring is 1. The second-order valence-corrected chi connectivity index (χ2v) is 4.50. The first-order chi connectivity index (χ1) is 9.04. The van der Waals surface area contributed by atoms with Crippen molar-refractivity contribution < 1.29 is 9.18 Å². The zero-order valence-corrected chi connectivity index (χ0v) is 10.7. The largest absolute Gasteiger partial charge is 0.399 e. The van der Waals surface area contributed by atoms with E-state index in [0.29, 0.717) is 10.7 Å². The molecule has 0 aromatic heterocycles. The van der Waals surface area contributed by atoms with Gasteiger partial charge >= 0.3 is 0 Å². The number of hydrogen-bond donors (Lipinski definition) is 2. The van der Waals surface area contributed by atoms with Gasteiger partial charge in [0, 0.05) is 5.69 Å². The van der Waals surface area contributed by atoms with Gasteiger partial charge in [-0.25, -0.2) is 4.39 Å². The van der Waals surface area contributed by atoms with Crippen LogP contribution in [0, 0.1) is 5.82 Å². The van der Waals surface area contributed by atoms with Crippen molar-refractivity contribution in [1.82, 2.24) is 0 Å². The average molecular weight is 279 g/mol. The molecular formula is C14H12ClFN2O. The van der Waals surface area contributed by atoms with E-state index >= 15 is 0 Å². The normalized spacial score (nSPS) is 10.2. The molecule has 0 aliphatic heterocycles. The van der Waals surface area contributed by atoms with Crippen molar-refractivity contribution in [2.45, 2.75) is 6.42 Å². The van der Waals surface area contributed by atoms with Crippen molar-refractivity contribution >= 4 is 28.9 Å². The van der Waals surface area contributed by atoms with Gasteiger partial charge in [-0.3, -0.25) is 4.79 Å². The third-order valence-electron chi connectivity index (χ3n) is 2.52. The molecule has 0 bridgehead atoms. The number of carbonyl (C=O) groups excluding carboxylic acids is 1. The zero-order chi connectivity index (χ0) is 13.8. The Balaban J connectivity index is 2.07. The lowest BCUT2D eigenvalue weighted by atomic mass is 10.1. The van der Waals surface area contributed by atoms with E-state index < -0.39 is 5.82 Å². The first-order valence-electron chi connectivity index (χ1n) is 5.64. The van der Waals surface area contributed by atoms with E-state index in [1.165, 1.54) is 18.2 Å². The number of amides is 1. The smallest absolute Gasteiger partial charge is 0.228 e. The van der Waals surface area contributed by atoms with Crippen LogP contribution in [-0.4, -0.2) is 5.91 Å². The highest BCUT2D eigenvalue weighted by Gasteiger charge is 2.08. The molecule has 3 N–H and O–H groups in total. The van der Waals surface area contributed by atoms with Crippen molar-refractivity contribution in [3.05, 3.63) is 58.9 Å². The van der Waals surface area contributed by atoms with E-state index in [4.69, 9.17) is 17.3 Å². The Hall–Kier alpha value is -2.07. The van der Waals surface area contributed by atoms with Crippen LogP contribution in [0.25, 0.3) is 0 Å². The van der Waals surface area contributed by atoms with Crippen LogP contribution in [0.15, 0.2) is 42.5 Å². The van der Waals surface area contributed by atoms with Gasteiger partial charge in [0.2, 0.25) is 5.91 Å². The van der Waals surface area contributed by atoms with Gasteiger partial charge in [-0.1, -0.05) is 23.7 Å². The molecule has 0 aliphatic carbocycles. The predicted molar refractivity (Wildman–Crippen MR) is 74.6 cm³/mol. The van der Waals surface area contributed by atoms with Gasteiger partial charge in [0.1, 0.15) is 5.82 Å². The van der Waals surface area contributed by atoms with E-state index in [9.17, 15) is 9.18 Å². The predicted octanol–water partition coefficient (Wildman–Crippen LogP) is 3.24. The van der Waals surface area contributed by atoms with E-state index in [2.05, 4.69) is 5.32 Å². The van der Waals surface area contributed by atoms with Crippen LogP contribution in [0.1, 0.15) is 5.56 Å². The van der Waals surface area contributed by atoms with Crippen LogP contribution in [0.4, 0.5) is 15.8 Å². The van der Waals surface area contributed by atoms with Gasteiger partial charge < -0.3 is 11.1 Å². The fraction of sp³-hybridized carbons (Fsp3) is 0.0714. The molecule has 0 aliphatic rings. The molecule has 0 saturated carbocycles. The second-order valence-electron chi connectivity index (χ2n) is 4.09. The molecule has 2 aromatic carbocycles. The number of hydrogen-bond acceptors (Lipinski definition) is 2. The molecule has 5 heteroatoms. The fourth-order valence-corrected chi connectivity index (χ4v) is 1.84. The fourth-order valence-electron chi connectivity index (χ4n) is 1.68. The Kier molecular flexibility index (Phi) is 4.02. The minimum absolute atomic E-state index is 0.151. The van der Waals surface area contributed by atoms with Crippen LogP contribution >= 0.6 is 11.6 Å². The summed E-state index contributed by atoms with van der Waals surface area (Å²) in [5.74, 6) is -0.734. The van der Waals surface area contributed by atoms with Gasteiger partial charge in [0.25, 0.3) is 0 Å². The van der Waals surface area contributed by atoms with Crippen molar-refractivity contribution in [2.24, 2.45) is 0 Å². The summed E-state index contributed by atoms with van der Waals surface area (Å²) in [6, 6.07) is 10.8. The zero-order valence-electron chi connectivity index (χ0n) is 9.99. The SMILES string of the molecule is Nc1cccc(CC(=O)Nc2cc(F)ccc2Cl)c1. The number of rotatable bonds is 3. The first-order valence-corrected chi connectivity index (χ1v) is 6.02. The monoisotopic (exact) mass is 278 g/mol. The second kappa shape index (κ2) is 5.71. The molecule has 3 nitrogen and oxygen atoms in total. The van der Waals surface area contributed by atoms with Crippen LogP contribution < -0.4 is 11.1 Å². The van der Waals surface area contributed by atoms with Crippen LogP contribution in [0.3, 0.4) is 0 Å².